The SMILES string of the molecule is Cl.O=[Si](O)Cl.[MgH2].[OH][AlH2]. The van der Waals surface area contributed by atoms with E-state index in [1.165, 1.54) is 0 Å². The Bertz CT molecular complexity index is 40.3. The summed E-state index contributed by atoms with van der Waals surface area (Å²) in [5, 5.41) is 0. The third-order valence-electron chi connectivity index (χ3n) is 0. The fraction of sp³-hybridized carbons (Fsp3) is 0. The van der Waals surface area contributed by atoms with Crippen LogP contribution in [0.5, 0.6) is 0 Å². The highest BCUT2D eigenvalue weighted by molar-refractivity contribution is 6.93. The molecule has 8 heavy (non-hydrogen) atoms. The molecule has 0 heterocycles. The first-order valence-corrected chi connectivity index (χ1v) is 4.33. The molecular weight excluding hydrogens is 198 g/mol. The lowest BCUT2D eigenvalue weighted by atomic mass is 15.9. The van der Waals surface area contributed by atoms with Crippen LogP contribution in [0.2, 0.25) is 0 Å². The Balaban J connectivity index is -0.0000000183. The average Bonchev–Trinajstić information content (AvgIpc) is 1.41. The maximum absolute atomic E-state index is 8.95. The zero-order valence-electron chi connectivity index (χ0n) is 3.59. The fourth-order valence-electron chi connectivity index (χ4n) is 0. The molecule has 0 aromatic carbocycles. The lowest BCUT2D eigenvalue weighted by Gasteiger charge is -1.51. The third kappa shape index (κ3) is 124. The van der Waals surface area contributed by atoms with Crippen LogP contribution in [0.15, 0.2) is 0 Å². The van der Waals surface area contributed by atoms with Crippen molar-refractivity contribution in [1.29, 1.82) is 0 Å². The Kier molecular flexibility index (Phi) is 66.2. The van der Waals surface area contributed by atoms with Crippen molar-refractivity contribution < 1.29 is 13.4 Å². The highest BCUT2D eigenvalue weighted by Crippen LogP contribution is 1.58. The van der Waals surface area contributed by atoms with Crippen LogP contribution in [0.3, 0.4) is 0 Å². The third-order valence-corrected chi connectivity index (χ3v) is 0. The molecule has 0 aliphatic carbocycles. The van der Waals surface area contributed by atoms with Crippen molar-refractivity contribution in [1.82, 2.24) is 0 Å². The van der Waals surface area contributed by atoms with Crippen molar-refractivity contribution >= 4 is 71.4 Å². The van der Waals surface area contributed by atoms with Crippen LogP contribution in [-0.2, 0) is 4.46 Å². The summed E-state index contributed by atoms with van der Waals surface area (Å²) in [5.74, 6) is 0. The molecule has 0 aliphatic rings. The van der Waals surface area contributed by atoms with Gasteiger partial charge in [-0.3, -0.25) is 0 Å². The van der Waals surface area contributed by atoms with Gasteiger partial charge in [-0.05, 0) is 11.1 Å². The van der Waals surface area contributed by atoms with Crippen molar-refractivity contribution in [3.63, 3.8) is 0 Å². The van der Waals surface area contributed by atoms with E-state index in [4.69, 9.17) is 13.4 Å². The molecule has 8 heteroatoms. The van der Waals surface area contributed by atoms with E-state index >= 15 is 0 Å². The molecule has 0 radical (unpaired) electrons. The van der Waals surface area contributed by atoms with Gasteiger partial charge in [0.1, 0.15) is 0 Å². The molecule has 0 amide bonds. The molecule has 48 valence electrons. The number of hydrogen-bond acceptors (Lipinski definition) is 2. The summed E-state index contributed by atoms with van der Waals surface area (Å²) in [7, 11) is -2.66. The Labute approximate surface area is 84.2 Å². The molecule has 0 spiro atoms. The molecule has 0 fully saturated rings. The van der Waals surface area contributed by atoms with Gasteiger partial charge in [-0.25, -0.2) is 0 Å². The van der Waals surface area contributed by atoms with E-state index in [-0.39, 0.29) is 35.5 Å². The molecule has 0 saturated carbocycles. The van der Waals surface area contributed by atoms with Gasteiger partial charge in [0.15, 0.2) is 0 Å². The van der Waals surface area contributed by atoms with Crippen molar-refractivity contribution in [2.75, 3.05) is 0 Å². The lowest BCUT2D eigenvalue weighted by Crippen LogP contribution is -1.77. The Morgan fingerprint density at radius 3 is 1.50 bits per heavy atom. The second-order valence-electron chi connectivity index (χ2n) is 0.253. The van der Waals surface area contributed by atoms with Gasteiger partial charge in [0.05, 0.1) is 0 Å². The fourth-order valence-corrected chi connectivity index (χ4v) is 0. The topological polar surface area (TPSA) is 57.5 Å². The van der Waals surface area contributed by atoms with Crippen molar-refractivity contribution in [3.05, 3.63) is 0 Å². The summed E-state index contributed by atoms with van der Waals surface area (Å²) in [6.07, 6.45) is 0. The van der Waals surface area contributed by atoms with E-state index in [0.29, 0.717) is 16.6 Å². The summed E-state index contributed by atoms with van der Waals surface area (Å²) < 4.78 is 16.1. The van der Waals surface area contributed by atoms with Gasteiger partial charge in [0, 0.05) is 0 Å². The first-order valence-electron chi connectivity index (χ1n) is 1.06. The van der Waals surface area contributed by atoms with Gasteiger partial charge < -0.3 is 13.4 Å². The minimum Gasteiger partial charge on any atom is -0.529 e. The standard InChI is InChI=1S/Al.ClHO2Si.ClH.Mg.H2O.4H/c;1-4(2)3;;;;;;;/h;2H;1H;;1H2;;;;/q+1;;;;;;;;/p-1. The summed E-state index contributed by atoms with van der Waals surface area (Å²) in [6, 6.07) is 0. The van der Waals surface area contributed by atoms with E-state index in [2.05, 4.69) is 11.1 Å². The number of rotatable bonds is 0. The van der Waals surface area contributed by atoms with Gasteiger partial charge in [0.2, 0.25) is 0 Å². The first kappa shape index (κ1) is 22.6. The minimum absolute atomic E-state index is 0. The minimum atomic E-state index is -2.66. The van der Waals surface area contributed by atoms with Crippen molar-refractivity contribution in [2.45, 2.75) is 0 Å². The summed E-state index contributed by atoms with van der Waals surface area (Å²) >= 11 is 4.68. The molecular formula is H7AlCl2MgO3Si. The normalized spacial score (nSPS) is 3.75. The van der Waals surface area contributed by atoms with Crippen molar-refractivity contribution in [3.8, 4) is 0 Å². The van der Waals surface area contributed by atoms with E-state index in [9.17, 15) is 0 Å². The summed E-state index contributed by atoms with van der Waals surface area (Å²) in [6.45, 7) is 0. The molecule has 0 bridgehead atoms. The second kappa shape index (κ2) is 23.4. The van der Waals surface area contributed by atoms with Gasteiger partial charge in [-0.1, -0.05) is 0 Å². The molecule has 0 atom stereocenters. The van der Waals surface area contributed by atoms with Gasteiger partial charge >= 0.3 is 47.9 Å². The second-order valence-corrected chi connectivity index (χ2v) is 1.73. The molecule has 2 N–H and O–H groups in total. The van der Waals surface area contributed by atoms with E-state index in [1.807, 2.05) is 0 Å². The summed E-state index contributed by atoms with van der Waals surface area (Å²) in [4.78, 5) is 7.37. The first-order chi connectivity index (χ1) is 2.73. The lowest BCUT2D eigenvalue weighted by molar-refractivity contribution is 0.469. The monoisotopic (exact) mass is 204 g/mol. The quantitative estimate of drug-likeness (QED) is 0.344. The van der Waals surface area contributed by atoms with Crippen LogP contribution in [0, 0.1) is 0 Å². The van der Waals surface area contributed by atoms with Crippen LogP contribution >= 0.6 is 23.5 Å². The predicted molar refractivity (Wildman–Crippen MR) is 41.1 cm³/mol. The average molecular weight is 205 g/mol. The van der Waals surface area contributed by atoms with Crippen LogP contribution < -0.4 is 0 Å². The molecule has 0 aromatic heterocycles. The van der Waals surface area contributed by atoms with Gasteiger partial charge in [-0.2, -0.15) is 0 Å². The van der Waals surface area contributed by atoms with Crippen molar-refractivity contribution in [2.24, 2.45) is 0 Å². The highest BCUT2D eigenvalue weighted by atomic mass is 35.6. The Hall–Kier alpha value is 1.66. The van der Waals surface area contributed by atoms with E-state index in [1.54, 1.807) is 0 Å². The zero-order valence-corrected chi connectivity index (χ0v) is 8.16. The van der Waals surface area contributed by atoms with Gasteiger partial charge in [-0.15, -0.1) is 12.4 Å². The Morgan fingerprint density at radius 1 is 1.50 bits per heavy atom. The van der Waals surface area contributed by atoms with Gasteiger partial charge in [0.25, 0.3) is 0 Å². The van der Waals surface area contributed by atoms with Crippen LogP contribution in [0.4, 0.5) is 0 Å². The van der Waals surface area contributed by atoms with E-state index in [0.717, 1.165) is 0 Å². The molecule has 0 aromatic rings. The molecule has 3 nitrogen and oxygen atoms in total. The van der Waals surface area contributed by atoms with Crippen LogP contribution in [0.1, 0.15) is 0 Å². The highest BCUT2D eigenvalue weighted by Gasteiger charge is 1.82. The van der Waals surface area contributed by atoms with Crippen LogP contribution in [-0.4, -0.2) is 56.9 Å². The molecule has 0 saturated heterocycles. The van der Waals surface area contributed by atoms with Crippen LogP contribution in [0.25, 0.3) is 0 Å². The zero-order chi connectivity index (χ0) is 5.58. The Morgan fingerprint density at radius 2 is 1.50 bits per heavy atom. The number of hydrogen-bond donors (Lipinski definition) is 2. The molecule has 0 aliphatic heterocycles. The maximum Gasteiger partial charge on any atom is 0.616 e. The molecule has 0 unspecified atom stereocenters. The smallest absolute Gasteiger partial charge is 0.529 e. The number of halogens is 2. The maximum atomic E-state index is 8.95. The summed E-state index contributed by atoms with van der Waals surface area (Å²) in [5.41, 5.74) is 0. The van der Waals surface area contributed by atoms with E-state index < -0.39 is 8.24 Å². The predicted octanol–water partition coefficient (Wildman–Crippen LogP) is -2.33. The molecule has 0 rings (SSSR count). The largest absolute Gasteiger partial charge is 0.616 e.